The monoisotopic (exact) mass is 228 g/mol. The molecule has 1 aliphatic carbocycles. The Morgan fingerprint density at radius 1 is 1.50 bits per heavy atom. The normalized spacial score (nSPS) is 30.2. The summed E-state index contributed by atoms with van der Waals surface area (Å²) in [6.07, 6.45) is 6.30. The lowest BCUT2D eigenvalue weighted by Crippen LogP contribution is -2.50. The van der Waals surface area contributed by atoms with Crippen molar-refractivity contribution in [1.29, 1.82) is 0 Å². The summed E-state index contributed by atoms with van der Waals surface area (Å²) in [7, 11) is 3.99. The van der Waals surface area contributed by atoms with Gasteiger partial charge in [0.05, 0.1) is 0 Å². The summed E-state index contributed by atoms with van der Waals surface area (Å²) >= 11 is 0. The Labute approximate surface area is 100 Å². The highest BCUT2D eigenvalue weighted by atomic mass is 16.5. The first kappa shape index (κ1) is 13.9. The molecule has 2 N–H and O–H groups in total. The van der Waals surface area contributed by atoms with Crippen molar-refractivity contribution in [1.82, 2.24) is 4.90 Å². The zero-order valence-corrected chi connectivity index (χ0v) is 11.2. The molecule has 0 aromatic rings. The molecule has 0 radical (unpaired) electrons. The Hall–Kier alpha value is -0.120. The molecule has 1 fully saturated rings. The van der Waals surface area contributed by atoms with Crippen LogP contribution in [-0.2, 0) is 4.74 Å². The summed E-state index contributed by atoms with van der Waals surface area (Å²) < 4.78 is 5.11. The molecule has 1 saturated carbocycles. The van der Waals surface area contributed by atoms with Crippen molar-refractivity contribution >= 4 is 0 Å². The Balaban J connectivity index is 2.46. The van der Waals surface area contributed by atoms with E-state index in [4.69, 9.17) is 10.5 Å². The standard InChI is InChI=1S/C13H28N2O/c1-4-12-6-7-13(10-12,11-14)15(2)8-5-9-16-3/h12H,4-11,14H2,1-3H3. The van der Waals surface area contributed by atoms with E-state index in [1.165, 1.54) is 25.7 Å². The number of nitrogens with zero attached hydrogens (tertiary/aromatic N) is 1. The van der Waals surface area contributed by atoms with Crippen LogP contribution in [-0.4, -0.2) is 44.3 Å². The van der Waals surface area contributed by atoms with E-state index >= 15 is 0 Å². The maximum atomic E-state index is 6.02. The van der Waals surface area contributed by atoms with Gasteiger partial charge in [-0.2, -0.15) is 0 Å². The van der Waals surface area contributed by atoms with Crippen LogP contribution < -0.4 is 5.73 Å². The predicted molar refractivity (Wildman–Crippen MR) is 68.5 cm³/mol. The molecular weight excluding hydrogens is 200 g/mol. The van der Waals surface area contributed by atoms with Crippen LogP contribution in [0.4, 0.5) is 0 Å². The number of hydrogen-bond acceptors (Lipinski definition) is 3. The lowest BCUT2D eigenvalue weighted by atomic mass is 9.93. The van der Waals surface area contributed by atoms with Crippen LogP contribution in [0, 0.1) is 5.92 Å². The van der Waals surface area contributed by atoms with Gasteiger partial charge >= 0.3 is 0 Å². The minimum absolute atomic E-state index is 0.272. The van der Waals surface area contributed by atoms with Gasteiger partial charge in [-0.15, -0.1) is 0 Å². The molecule has 0 aromatic heterocycles. The van der Waals surface area contributed by atoms with E-state index in [0.717, 1.165) is 32.0 Å². The molecule has 96 valence electrons. The molecule has 0 bridgehead atoms. The van der Waals surface area contributed by atoms with Crippen molar-refractivity contribution in [3.63, 3.8) is 0 Å². The molecule has 3 nitrogen and oxygen atoms in total. The molecule has 2 unspecified atom stereocenters. The Kier molecular flexibility index (Phi) is 5.73. The summed E-state index contributed by atoms with van der Waals surface area (Å²) in [6, 6.07) is 0. The van der Waals surface area contributed by atoms with Gasteiger partial charge in [0.2, 0.25) is 0 Å². The van der Waals surface area contributed by atoms with E-state index in [0.29, 0.717) is 0 Å². The first-order valence-corrected chi connectivity index (χ1v) is 6.58. The fourth-order valence-corrected chi connectivity index (χ4v) is 2.93. The molecule has 3 heteroatoms. The number of rotatable bonds is 7. The third kappa shape index (κ3) is 3.19. The van der Waals surface area contributed by atoms with Gasteiger partial charge in [-0.05, 0) is 38.6 Å². The maximum Gasteiger partial charge on any atom is 0.0474 e. The third-order valence-electron chi connectivity index (χ3n) is 4.30. The SMILES string of the molecule is CCC1CCC(CN)(N(C)CCCOC)C1. The first-order chi connectivity index (χ1) is 7.68. The summed E-state index contributed by atoms with van der Waals surface area (Å²) in [5.74, 6) is 0.883. The Bertz CT molecular complexity index is 198. The van der Waals surface area contributed by atoms with Crippen LogP contribution >= 0.6 is 0 Å². The second kappa shape index (κ2) is 6.58. The van der Waals surface area contributed by atoms with E-state index in [2.05, 4.69) is 18.9 Å². The molecule has 16 heavy (non-hydrogen) atoms. The fourth-order valence-electron chi connectivity index (χ4n) is 2.93. The molecule has 1 aliphatic rings. The third-order valence-corrected chi connectivity index (χ3v) is 4.30. The second-order valence-corrected chi connectivity index (χ2v) is 5.21. The lowest BCUT2D eigenvalue weighted by molar-refractivity contribution is 0.107. The quantitative estimate of drug-likeness (QED) is 0.676. The lowest BCUT2D eigenvalue weighted by Gasteiger charge is -2.38. The van der Waals surface area contributed by atoms with Crippen molar-refractivity contribution < 1.29 is 4.74 Å². The van der Waals surface area contributed by atoms with Gasteiger partial charge < -0.3 is 10.5 Å². The summed E-state index contributed by atoms with van der Waals surface area (Å²) in [5, 5.41) is 0. The average Bonchev–Trinajstić information content (AvgIpc) is 2.74. The molecular formula is C13H28N2O. The van der Waals surface area contributed by atoms with E-state index in [1.54, 1.807) is 7.11 Å². The number of likely N-dealkylation sites (N-methyl/N-ethyl adjacent to an activating group) is 1. The van der Waals surface area contributed by atoms with Crippen LogP contribution in [0.3, 0.4) is 0 Å². The minimum atomic E-state index is 0.272. The second-order valence-electron chi connectivity index (χ2n) is 5.21. The van der Waals surface area contributed by atoms with Crippen LogP contribution in [0.5, 0.6) is 0 Å². The predicted octanol–water partition coefficient (Wildman–Crippen LogP) is 1.86. The minimum Gasteiger partial charge on any atom is -0.385 e. The highest BCUT2D eigenvalue weighted by Gasteiger charge is 2.40. The van der Waals surface area contributed by atoms with E-state index in [9.17, 15) is 0 Å². The Morgan fingerprint density at radius 2 is 2.25 bits per heavy atom. The molecule has 0 aromatic carbocycles. The molecule has 0 amide bonds. The number of hydrogen-bond donors (Lipinski definition) is 1. The van der Waals surface area contributed by atoms with Gasteiger partial charge in [0.1, 0.15) is 0 Å². The van der Waals surface area contributed by atoms with Crippen LogP contribution in [0.15, 0.2) is 0 Å². The van der Waals surface area contributed by atoms with Crippen LogP contribution in [0.2, 0.25) is 0 Å². The molecule has 0 aliphatic heterocycles. The van der Waals surface area contributed by atoms with E-state index in [-0.39, 0.29) is 5.54 Å². The first-order valence-electron chi connectivity index (χ1n) is 6.58. The summed E-state index contributed by atoms with van der Waals surface area (Å²) in [5.41, 5.74) is 6.29. The fraction of sp³-hybridized carbons (Fsp3) is 1.00. The molecule has 1 rings (SSSR count). The highest BCUT2D eigenvalue weighted by Crippen LogP contribution is 2.39. The molecule has 2 atom stereocenters. The van der Waals surface area contributed by atoms with Crippen LogP contribution in [0.25, 0.3) is 0 Å². The van der Waals surface area contributed by atoms with Crippen molar-refractivity contribution in [3.8, 4) is 0 Å². The largest absolute Gasteiger partial charge is 0.385 e. The van der Waals surface area contributed by atoms with Crippen molar-refractivity contribution in [2.75, 3.05) is 33.9 Å². The molecule has 0 heterocycles. The van der Waals surface area contributed by atoms with E-state index < -0.39 is 0 Å². The Morgan fingerprint density at radius 3 is 2.75 bits per heavy atom. The number of ether oxygens (including phenoxy) is 1. The zero-order valence-electron chi connectivity index (χ0n) is 11.2. The van der Waals surface area contributed by atoms with Gasteiger partial charge in [0.15, 0.2) is 0 Å². The van der Waals surface area contributed by atoms with Crippen molar-refractivity contribution in [2.24, 2.45) is 11.7 Å². The highest BCUT2D eigenvalue weighted by molar-refractivity contribution is 4.97. The summed E-state index contributed by atoms with van der Waals surface area (Å²) in [4.78, 5) is 2.47. The smallest absolute Gasteiger partial charge is 0.0474 e. The van der Waals surface area contributed by atoms with Crippen LogP contribution in [0.1, 0.15) is 39.0 Å². The molecule has 0 saturated heterocycles. The van der Waals surface area contributed by atoms with Gasteiger partial charge in [-0.25, -0.2) is 0 Å². The summed E-state index contributed by atoms with van der Waals surface area (Å²) in [6.45, 7) is 5.04. The van der Waals surface area contributed by atoms with Gasteiger partial charge in [0.25, 0.3) is 0 Å². The van der Waals surface area contributed by atoms with Gasteiger partial charge in [-0.1, -0.05) is 13.3 Å². The van der Waals surface area contributed by atoms with E-state index in [1.807, 2.05) is 0 Å². The number of nitrogens with two attached hydrogens (primary N) is 1. The topological polar surface area (TPSA) is 38.5 Å². The van der Waals surface area contributed by atoms with Gasteiger partial charge in [0, 0.05) is 32.3 Å². The van der Waals surface area contributed by atoms with Crippen molar-refractivity contribution in [3.05, 3.63) is 0 Å². The van der Waals surface area contributed by atoms with Gasteiger partial charge in [-0.3, -0.25) is 4.90 Å². The molecule has 0 spiro atoms. The number of methoxy groups -OCH3 is 1. The van der Waals surface area contributed by atoms with Crippen molar-refractivity contribution in [2.45, 2.75) is 44.6 Å². The average molecular weight is 228 g/mol. The zero-order chi connectivity index (χ0) is 12.0. The maximum absolute atomic E-state index is 6.02.